The zero-order valence-electron chi connectivity index (χ0n) is 10.2. The largest absolute Gasteiger partial charge is 0.472 e. The smallest absolute Gasteiger partial charge is 0.237 e. The number of hydrogen-bond donors (Lipinski definition) is 0. The quantitative estimate of drug-likeness (QED) is 0.789. The maximum Gasteiger partial charge on any atom is 0.237 e. The van der Waals surface area contributed by atoms with Gasteiger partial charge in [-0.05, 0) is 24.4 Å². The molecule has 1 aliphatic rings. The Hall–Kier alpha value is -0.630. The van der Waals surface area contributed by atoms with E-state index in [1.54, 1.807) is 0 Å². The zero-order valence-corrected chi connectivity index (χ0v) is 12.5. The first-order chi connectivity index (χ1) is 8.86. The molecule has 9 heteroatoms. The topological polar surface area (TPSA) is 72.4 Å². The Morgan fingerprint density at radius 3 is 2.89 bits per heavy atom. The van der Waals surface area contributed by atoms with Crippen molar-refractivity contribution in [3.63, 3.8) is 0 Å². The highest BCUT2D eigenvalue weighted by Gasteiger charge is 2.27. The number of aromatic nitrogens is 2. The first kappa shape index (κ1) is 14.8. The van der Waals surface area contributed by atoms with Gasteiger partial charge in [-0.25, -0.2) is 13.4 Å². The van der Waals surface area contributed by atoms with Crippen molar-refractivity contribution >= 4 is 33.2 Å². The molecule has 1 aromatic heterocycles. The molecule has 0 amide bonds. The van der Waals surface area contributed by atoms with Crippen molar-refractivity contribution in [2.75, 3.05) is 19.3 Å². The van der Waals surface area contributed by atoms with Gasteiger partial charge < -0.3 is 4.74 Å². The average molecular weight is 326 g/mol. The molecule has 1 aliphatic heterocycles. The molecule has 0 radical (unpaired) electrons. The Morgan fingerprint density at radius 1 is 1.47 bits per heavy atom. The molecular formula is C10H13Cl2N3O3S. The lowest BCUT2D eigenvalue weighted by Crippen LogP contribution is -2.43. The van der Waals surface area contributed by atoms with Crippen LogP contribution in [0.5, 0.6) is 5.88 Å². The first-order valence-electron chi connectivity index (χ1n) is 5.66. The van der Waals surface area contributed by atoms with Gasteiger partial charge >= 0.3 is 0 Å². The minimum absolute atomic E-state index is 0.0372. The molecule has 1 aromatic rings. The minimum Gasteiger partial charge on any atom is -0.472 e. The van der Waals surface area contributed by atoms with E-state index in [2.05, 4.69) is 9.97 Å². The molecule has 106 valence electrons. The summed E-state index contributed by atoms with van der Waals surface area (Å²) in [5.41, 5.74) is 0. The number of rotatable bonds is 3. The number of hydrogen-bond acceptors (Lipinski definition) is 5. The van der Waals surface area contributed by atoms with Crippen molar-refractivity contribution in [2.45, 2.75) is 18.9 Å². The van der Waals surface area contributed by atoms with Crippen LogP contribution in [0.1, 0.15) is 12.8 Å². The second-order valence-corrected chi connectivity index (χ2v) is 7.02. The predicted molar refractivity (Wildman–Crippen MR) is 72.1 cm³/mol. The Morgan fingerprint density at radius 2 is 2.21 bits per heavy atom. The van der Waals surface area contributed by atoms with E-state index in [1.807, 2.05) is 0 Å². The van der Waals surface area contributed by atoms with Gasteiger partial charge in [-0.3, -0.25) is 0 Å². The van der Waals surface area contributed by atoms with Crippen molar-refractivity contribution in [1.29, 1.82) is 0 Å². The molecule has 0 aromatic carbocycles. The molecule has 0 saturated carbocycles. The van der Waals surface area contributed by atoms with Crippen molar-refractivity contribution in [2.24, 2.45) is 0 Å². The van der Waals surface area contributed by atoms with Crippen LogP contribution in [-0.2, 0) is 10.0 Å². The molecule has 0 aliphatic carbocycles. The van der Waals surface area contributed by atoms with Crippen LogP contribution >= 0.6 is 23.2 Å². The molecule has 2 heterocycles. The molecule has 1 saturated heterocycles. The average Bonchev–Trinajstić information content (AvgIpc) is 2.33. The van der Waals surface area contributed by atoms with Crippen LogP contribution in [0.15, 0.2) is 6.20 Å². The third-order valence-corrected chi connectivity index (χ3v) is 4.48. The Bertz CT molecular complexity index is 567. The Labute approximate surface area is 121 Å². The third-order valence-electron chi connectivity index (χ3n) is 2.77. The lowest BCUT2D eigenvalue weighted by atomic mass is 10.1. The van der Waals surface area contributed by atoms with Crippen LogP contribution in [0, 0.1) is 0 Å². The Kier molecular flexibility index (Phi) is 4.50. The van der Waals surface area contributed by atoms with Crippen LogP contribution < -0.4 is 4.74 Å². The lowest BCUT2D eigenvalue weighted by molar-refractivity contribution is 0.125. The summed E-state index contributed by atoms with van der Waals surface area (Å²) in [7, 11) is -3.21. The van der Waals surface area contributed by atoms with E-state index >= 15 is 0 Å². The fourth-order valence-corrected chi connectivity index (χ4v) is 3.03. The van der Waals surface area contributed by atoms with Gasteiger partial charge in [-0.1, -0.05) is 11.6 Å². The van der Waals surface area contributed by atoms with Crippen molar-refractivity contribution in [3.8, 4) is 5.88 Å². The predicted octanol–water partition coefficient (Wildman–Crippen LogP) is 1.59. The van der Waals surface area contributed by atoms with E-state index in [-0.39, 0.29) is 28.8 Å². The summed E-state index contributed by atoms with van der Waals surface area (Å²) >= 11 is 11.6. The molecular weight excluding hydrogens is 313 g/mol. The van der Waals surface area contributed by atoms with Gasteiger partial charge in [0.2, 0.25) is 21.2 Å². The van der Waals surface area contributed by atoms with Gasteiger partial charge in [0.15, 0.2) is 0 Å². The molecule has 19 heavy (non-hydrogen) atoms. The number of piperidine rings is 1. The summed E-state index contributed by atoms with van der Waals surface area (Å²) in [5.74, 6) is 0.182. The summed E-state index contributed by atoms with van der Waals surface area (Å²) in [6, 6.07) is 0. The van der Waals surface area contributed by atoms with Crippen LogP contribution in [0.25, 0.3) is 0 Å². The van der Waals surface area contributed by atoms with Crippen LogP contribution in [0.2, 0.25) is 10.3 Å². The SMILES string of the molecule is CS(=O)(=O)N1CCC[C@H](Oc2nc(Cl)ncc2Cl)C1. The summed E-state index contributed by atoms with van der Waals surface area (Å²) in [5, 5.41) is 0.288. The van der Waals surface area contributed by atoms with Crippen molar-refractivity contribution in [1.82, 2.24) is 14.3 Å². The maximum absolute atomic E-state index is 11.5. The molecule has 1 fully saturated rings. The van der Waals surface area contributed by atoms with Gasteiger partial charge in [0.1, 0.15) is 11.1 Å². The monoisotopic (exact) mass is 325 g/mol. The standard InChI is InChI=1S/C10H13Cl2N3O3S/c1-19(16,17)15-4-2-3-7(6-15)18-9-8(11)5-13-10(12)14-9/h5,7H,2-4,6H2,1H3/t7-/m0/s1. The highest BCUT2D eigenvalue weighted by molar-refractivity contribution is 7.88. The normalized spacial score (nSPS) is 21.3. The number of nitrogens with zero attached hydrogens (tertiary/aromatic N) is 3. The van der Waals surface area contributed by atoms with E-state index in [0.717, 1.165) is 12.8 Å². The van der Waals surface area contributed by atoms with Gasteiger partial charge in [-0.2, -0.15) is 9.29 Å². The molecule has 2 rings (SSSR count). The number of sulfonamides is 1. The maximum atomic E-state index is 11.5. The van der Waals surface area contributed by atoms with E-state index < -0.39 is 10.0 Å². The summed E-state index contributed by atoms with van der Waals surface area (Å²) in [6.45, 7) is 0.799. The van der Waals surface area contributed by atoms with Gasteiger partial charge in [0, 0.05) is 6.54 Å². The van der Waals surface area contributed by atoms with Gasteiger partial charge in [-0.15, -0.1) is 0 Å². The molecule has 0 unspecified atom stereocenters. The molecule has 1 atom stereocenters. The third kappa shape index (κ3) is 3.92. The molecule has 0 N–H and O–H groups in total. The molecule has 0 spiro atoms. The summed E-state index contributed by atoms with van der Waals surface area (Å²) in [4.78, 5) is 7.61. The van der Waals surface area contributed by atoms with Gasteiger partial charge in [0.25, 0.3) is 0 Å². The van der Waals surface area contributed by atoms with Crippen LogP contribution in [-0.4, -0.2) is 48.1 Å². The van der Waals surface area contributed by atoms with E-state index in [1.165, 1.54) is 16.8 Å². The number of ether oxygens (including phenoxy) is 1. The number of halogens is 2. The second-order valence-electron chi connectivity index (χ2n) is 4.30. The Balaban J connectivity index is 2.09. The lowest BCUT2D eigenvalue weighted by Gasteiger charge is -2.30. The molecule has 0 bridgehead atoms. The van der Waals surface area contributed by atoms with E-state index in [9.17, 15) is 8.42 Å². The summed E-state index contributed by atoms with van der Waals surface area (Å²) < 4.78 is 30.0. The van der Waals surface area contributed by atoms with Crippen LogP contribution in [0.3, 0.4) is 0 Å². The fourth-order valence-electron chi connectivity index (χ4n) is 1.87. The zero-order chi connectivity index (χ0) is 14.0. The van der Waals surface area contributed by atoms with Crippen molar-refractivity contribution in [3.05, 3.63) is 16.5 Å². The van der Waals surface area contributed by atoms with Crippen molar-refractivity contribution < 1.29 is 13.2 Å². The van der Waals surface area contributed by atoms with Crippen LogP contribution in [0.4, 0.5) is 0 Å². The fraction of sp³-hybridized carbons (Fsp3) is 0.600. The highest BCUT2D eigenvalue weighted by Crippen LogP contribution is 2.25. The van der Waals surface area contributed by atoms with E-state index in [4.69, 9.17) is 27.9 Å². The second kappa shape index (κ2) is 5.78. The minimum atomic E-state index is -3.21. The molecule has 6 nitrogen and oxygen atoms in total. The summed E-state index contributed by atoms with van der Waals surface area (Å²) in [6.07, 6.45) is 3.72. The first-order valence-corrected chi connectivity index (χ1v) is 8.26. The van der Waals surface area contributed by atoms with E-state index in [0.29, 0.717) is 6.54 Å². The highest BCUT2D eigenvalue weighted by atomic mass is 35.5. The van der Waals surface area contributed by atoms with Gasteiger partial charge in [0.05, 0.1) is 19.0 Å².